The zero-order chi connectivity index (χ0) is 8.93. The summed E-state index contributed by atoms with van der Waals surface area (Å²) in [6.45, 7) is 1.09. The van der Waals surface area contributed by atoms with Crippen LogP contribution in [-0.4, -0.2) is 6.54 Å². The van der Waals surface area contributed by atoms with Crippen LogP contribution in [0.25, 0.3) is 0 Å². The van der Waals surface area contributed by atoms with Crippen LogP contribution in [-0.2, 0) is 0 Å². The van der Waals surface area contributed by atoms with Crippen LogP contribution in [0.4, 0.5) is 0 Å². The molecule has 0 unspecified atom stereocenters. The average molecular weight is 173 g/mol. The number of fused-ring (bicyclic) bond motifs is 1. The molecule has 0 aromatic rings. The summed E-state index contributed by atoms with van der Waals surface area (Å²) in [4.78, 5) is 0. The minimum absolute atomic E-state index is 0.995. The highest BCUT2D eigenvalue weighted by atomic mass is 14.9. The van der Waals surface area contributed by atoms with Gasteiger partial charge in [0.05, 0.1) is 5.70 Å². The van der Waals surface area contributed by atoms with E-state index in [4.69, 9.17) is 0 Å². The Hall–Kier alpha value is -1.20. The number of hydrogen-bond donors (Lipinski definition) is 1. The Labute approximate surface area is 79.5 Å². The lowest BCUT2D eigenvalue weighted by atomic mass is 10.1. The molecule has 1 nitrogen and oxygen atoms in total. The number of nitrogens with one attached hydrogen (secondary N) is 1. The van der Waals surface area contributed by atoms with Crippen molar-refractivity contribution in [3.05, 3.63) is 41.3 Å². The van der Waals surface area contributed by atoms with E-state index < -0.39 is 0 Å². The predicted molar refractivity (Wildman–Crippen MR) is 55.3 cm³/mol. The lowest BCUT2D eigenvalue weighted by Crippen LogP contribution is -2.12. The largest absolute Gasteiger partial charge is 0.379 e. The van der Waals surface area contributed by atoms with Gasteiger partial charge in [-0.1, -0.05) is 24.0 Å². The maximum atomic E-state index is 3.42. The molecule has 1 fully saturated rings. The fourth-order valence-corrected chi connectivity index (χ4v) is 1.69. The molecule has 13 heavy (non-hydrogen) atoms. The highest BCUT2D eigenvalue weighted by Gasteiger charge is 2.07. The molecular weight excluding hydrogens is 158 g/mol. The summed E-state index contributed by atoms with van der Waals surface area (Å²) < 4.78 is 0. The van der Waals surface area contributed by atoms with Gasteiger partial charge in [-0.15, -0.1) is 0 Å². The quantitative estimate of drug-likeness (QED) is 0.555. The molecule has 1 heterocycles. The summed E-state index contributed by atoms with van der Waals surface area (Å²) >= 11 is 0. The second kappa shape index (κ2) is 4.15. The van der Waals surface area contributed by atoms with E-state index in [1.807, 2.05) is 0 Å². The molecule has 68 valence electrons. The van der Waals surface area contributed by atoms with Gasteiger partial charge in [0, 0.05) is 6.54 Å². The van der Waals surface area contributed by atoms with Gasteiger partial charge in [0.25, 0.3) is 0 Å². The fourth-order valence-electron chi connectivity index (χ4n) is 1.69. The van der Waals surface area contributed by atoms with E-state index in [9.17, 15) is 0 Å². The van der Waals surface area contributed by atoms with Crippen LogP contribution in [0.3, 0.4) is 0 Å². The maximum absolute atomic E-state index is 3.42. The van der Waals surface area contributed by atoms with Crippen molar-refractivity contribution in [1.29, 1.82) is 0 Å². The molecule has 1 aliphatic carbocycles. The molecule has 0 aromatic heterocycles. The Kier molecular flexibility index (Phi) is 2.68. The van der Waals surface area contributed by atoms with Crippen molar-refractivity contribution < 1.29 is 0 Å². The average Bonchev–Trinajstić information content (AvgIpc) is 2.30. The molecule has 0 spiro atoms. The monoisotopic (exact) mass is 173 g/mol. The molecule has 2 aliphatic rings. The first-order chi connectivity index (χ1) is 6.47. The molecule has 0 amide bonds. The van der Waals surface area contributed by atoms with Crippen molar-refractivity contribution in [1.82, 2.24) is 5.32 Å². The van der Waals surface area contributed by atoms with Gasteiger partial charge in [-0.05, 0) is 37.3 Å². The lowest BCUT2D eigenvalue weighted by molar-refractivity contribution is 0.731. The van der Waals surface area contributed by atoms with Gasteiger partial charge in [0.2, 0.25) is 0 Å². The van der Waals surface area contributed by atoms with Gasteiger partial charge in [0.15, 0.2) is 0 Å². The zero-order valence-corrected chi connectivity index (χ0v) is 7.84. The Bertz CT molecular complexity index is 301. The van der Waals surface area contributed by atoms with Crippen LogP contribution < -0.4 is 5.32 Å². The SMILES string of the molecule is C1=CC/C=C\C=C2\CCCCNC=12. The molecular formula is C12H15N. The van der Waals surface area contributed by atoms with E-state index in [-0.39, 0.29) is 0 Å². The molecule has 1 heteroatoms. The molecule has 1 aliphatic heterocycles. The second-order valence-electron chi connectivity index (χ2n) is 3.46. The third kappa shape index (κ3) is 2.13. The summed E-state index contributed by atoms with van der Waals surface area (Å²) in [5.74, 6) is 0. The first-order valence-corrected chi connectivity index (χ1v) is 5.02. The van der Waals surface area contributed by atoms with E-state index in [2.05, 4.69) is 35.4 Å². The Morgan fingerprint density at radius 1 is 1.31 bits per heavy atom. The Morgan fingerprint density at radius 2 is 2.31 bits per heavy atom. The van der Waals surface area contributed by atoms with Crippen molar-refractivity contribution in [2.24, 2.45) is 0 Å². The number of allylic oxidation sites excluding steroid dienone is 4. The lowest BCUT2D eigenvalue weighted by Gasteiger charge is -2.06. The molecule has 0 saturated carbocycles. The molecule has 1 N–H and O–H groups in total. The van der Waals surface area contributed by atoms with Crippen LogP contribution in [0.2, 0.25) is 0 Å². The third-order valence-electron chi connectivity index (χ3n) is 2.43. The van der Waals surface area contributed by atoms with Gasteiger partial charge >= 0.3 is 0 Å². The summed E-state index contributed by atoms with van der Waals surface area (Å²) in [5, 5.41) is 3.42. The van der Waals surface area contributed by atoms with Gasteiger partial charge < -0.3 is 5.32 Å². The first kappa shape index (κ1) is 8.40. The normalized spacial score (nSPS) is 28.0. The highest BCUT2D eigenvalue weighted by molar-refractivity contribution is 5.34. The summed E-state index contributed by atoms with van der Waals surface area (Å²) in [6.07, 6.45) is 13.4. The van der Waals surface area contributed by atoms with Gasteiger partial charge in [-0.3, -0.25) is 0 Å². The topological polar surface area (TPSA) is 12.0 Å². The Balaban J connectivity index is 2.31. The number of hydrogen-bond acceptors (Lipinski definition) is 1. The second-order valence-corrected chi connectivity index (χ2v) is 3.46. The van der Waals surface area contributed by atoms with Crippen molar-refractivity contribution in [2.75, 3.05) is 6.54 Å². The number of rotatable bonds is 0. The van der Waals surface area contributed by atoms with Crippen molar-refractivity contribution >= 4 is 0 Å². The predicted octanol–water partition coefficient (Wildman–Crippen LogP) is 2.69. The van der Waals surface area contributed by atoms with E-state index >= 15 is 0 Å². The van der Waals surface area contributed by atoms with E-state index in [0.29, 0.717) is 0 Å². The van der Waals surface area contributed by atoms with Crippen molar-refractivity contribution in [3.8, 4) is 0 Å². The molecule has 2 rings (SSSR count). The molecule has 0 aromatic carbocycles. The molecule has 0 atom stereocenters. The maximum Gasteiger partial charge on any atom is 0.0803 e. The van der Waals surface area contributed by atoms with Crippen molar-refractivity contribution in [3.63, 3.8) is 0 Å². The van der Waals surface area contributed by atoms with Gasteiger partial charge in [-0.2, -0.15) is 0 Å². The van der Waals surface area contributed by atoms with Crippen LogP contribution in [0.1, 0.15) is 25.7 Å². The smallest absolute Gasteiger partial charge is 0.0803 e. The first-order valence-electron chi connectivity index (χ1n) is 5.02. The molecule has 0 radical (unpaired) electrons. The minimum Gasteiger partial charge on any atom is -0.379 e. The van der Waals surface area contributed by atoms with Crippen LogP contribution in [0, 0.1) is 0 Å². The van der Waals surface area contributed by atoms with E-state index in [1.165, 1.54) is 30.5 Å². The fraction of sp³-hybridized carbons (Fsp3) is 0.417. The van der Waals surface area contributed by atoms with Crippen LogP contribution in [0.5, 0.6) is 0 Å². The molecule has 1 saturated heterocycles. The summed E-state index contributed by atoms with van der Waals surface area (Å²) in [5.41, 5.74) is 5.94. The Morgan fingerprint density at radius 3 is 3.31 bits per heavy atom. The van der Waals surface area contributed by atoms with Crippen LogP contribution in [0.15, 0.2) is 41.3 Å². The van der Waals surface area contributed by atoms with Gasteiger partial charge in [-0.25, -0.2) is 0 Å². The van der Waals surface area contributed by atoms with E-state index in [0.717, 1.165) is 13.0 Å². The summed E-state index contributed by atoms with van der Waals surface area (Å²) in [6, 6.07) is 0. The van der Waals surface area contributed by atoms with Crippen molar-refractivity contribution in [2.45, 2.75) is 25.7 Å². The van der Waals surface area contributed by atoms with E-state index in [1.54, 1.807) is 0 Å². The zero-order valence-electron chi connectivity index (χ0n) is 7.84. The third-order valence-corrected chi connectivity index (χ3v) is 2.43. The van der Waals surface area contributed by atoms with Crippen LogP contribution >= 0.6 is 0 Å². The minimum atomic E-state index is 0.995. The molecule has 0 bridgehead atoms. The van der Waals surface area contributed by atoms with Gasteiger partial charge in [0.1, 0.15) is 0 Å². The standard InChI is InChI=1S/C12H15N/c1-2-4-9-12-11(7-3-1)8-5-6-10-13-12/h1,3-4,7,13H,2,5-6,8,10H2/b3-1-,11-7-. The summed E-state index contributed by atoms with van der Waals surface area (Å²) in [7, 11) is 0. The highest BCUT2D eigenvalue weighted by Crippen LogP contribution is 2.18.